The van der Waals surface area contributed by atoms with E-state index < -0.39 is 57.6 Å². The van der Waals surface area contributed by atoms with Crippen molar-refractivity contribution in [1.29, 1.82) is 0 Å². The molecule has 224 valence electrons. The number of halogens is 6. The summed E-state index contributed by atoms with van der Waals surface area (Å²) in [5, 5.41) is 12.1. The molecule has 0 aliphatic heterocycles. The van der Waals surface area contributed by atoms with Crippen molar-refractivity contribution in [3.05, 3.63) is 111 Å². The van der Waals surface area contributed by atoms with Gasteiger partial charge in [-0.05, 0) is 72.4 Å². The molecular formula is C30H24BrF5N4O3. The van der Waals surface area contributed by atoms with Gasteiger partial charge in [-0.25, -0.2) is 13.6 Å². The van der Waals surface area contributed by atoms with Crippen LogP contribution in [0.1, 0.15) is 46.3 Å². The Bertz CT molecular complexity index is 1810. The van der Waals surface area contributed by atoms with Crippen LogP contribution in [0.4, 0.5) is 26.7 Å². The summed E-state index contributed by atoms with van der Waals surface area (Å²) in [7, 11) is 1.54. The molecule has 0 radical (unpaired) electrons. The fraction of sp³-hybridized carbons (Fsp3) is 0.233. The number of hydrogen-bond donors (Lipinski definition) is 2. The molecule has 1 heterocycles. The smallest absolute Gasteiger partial charge is 0.434 e. The molecule has 1 fully saturated rings. The Morgan fingerprint density at radius 2 is 1.79 bits per heavy atom. The molecule has 0 spiro atoms. The number of aromatic nitrogens is 2. The van der Waals surface area contributed by atoms with Gasteiger partial charge in [-0.2, -0.15) is 13.2 Å². The fourth-order valence-corrected chi connectivity index (χ4v) is 5.67. The highest BCUT2D eigenvalue weighted by molar-refractivity contribution is 9.10. The quantitative estimate of drug-likeness (QED) is 0.218. The standard InChI is InChI=1S/C30H24BrF5N4O3/c1-39-10-11-40(27(39)37-28(42)43)16-17-12-22(21-7-6-20(32)15-24(21)30(34,35)36)25(33)23(13-17)26(41)38-29(8-3-9-29)18-4-2-5-19(31)14-18/h2,4-7,10-15H,3,8-9,16H2,1H3,(H,38,41)(H,42,43)/b37-27-. The maximum atomic E-state index is 16.2. The van der Waals surface area contributed by atoms with E-state index in [1.807, 2.05) is 18.2 Å². The van der Waals surface area contributed by atoms with E-state index in [9.17, 15) is 32.3 Å². The van der Waals surface area contributed by atoms with Gasteiger partial charge < -0.3 is 19.6 Å². The van der Waals surface area contributed by atoms with Gasteiger partial charge >= 0.3 is 12.3 Å². The largest absolute Gasteiger partial charge is 0.463 e. The number of amides is 2. The lowest BCUT2D eigenvalue weighted by Crippen LogP contribution is -2.51. The third-order valence-corrected chi connectivity index (χ3v) is 7.98. The van der Waals surface area contributed by atoms with Gasteiger partial charge in [0.25, 0.3) is 5.91 Å². The Kier molecular flexibility index (Phi) is 8.03. The highest BCUT2D eigenvalue weighted by Crippen LogP contribution is 2.43. The number of aryl methyl sites for hydroxylation is 1. The van der Waals surface area contributed by atoms with Gasteiger partial charge in [-0.15, -0.1) is 4.99 Å². The molecule has 5 rings (SSSR count). The number of benzene rings is 3. The number of carboxylic acid groups (broad SMARTS) is 1. The SMILES string of the molecule is Cn1ccn(Cc2cc(C(=O)NC3(c4cccc(Br)c4)CCC3)c(F)c(-c3ccc(F)cc3C(F)(F)F)c2)/c1=N\C(=O)O. The van der Waals surface area contributed by atoms with Crippen LogP contribution in [0.3, 0.4) is 0 Å². The first-order chi connectivity index (χ1) is 20.3. The molecule has 3 aromatic carbocycles. The topological polar surface area (TPSA) is 88.6 Å². The van der Waals surface area contributed by atoms with Gasteiger partial charge in [0.05, 0.1) is 23.2 Å². The number of carbonyl (C=O) groups excluding carboxylic acids is 1. The molecule has 0 saturated heterocycles. The molecule has 1 saturated carbocycles. The second-order valence-corrected chi connectivity index (χ2v) is 11.2. The van der Waals surface area contributed by atoms with Crippen LogP contribution in [0.25, 0.3) is 11.1 Å². The van der Waals surface area contributed by atoms with Gasteiger partial charge in [0.2, 0.25) is 5.62 Å². The number of imidazole rings is 1. The number of alkyl halides is 3. The summed E-state index contributed by atoms with van der Waals surface area (Å²) in [5.74, 6) is -3.22. The summed E-state index contributed by atoms with van der Waals surface area (Å²) in [6, 6.07) is 11.5. The molecule has 1 aliphatic carbocycles. The van der Waals surface area contributed by atoms with Crippen LogP contribution >= 0.6 is 15.9 Å². The third-order valence-electron chi connectivity index (χ3n) is 7.48. The normalized spacial score (nSPS) is 14.8. The number of hydrogen-bond acceptors (Lipinski definition) is 2. The summed E-state index contributed by atoms with van der Waals surface area (Å²) >= 11 is 3.42. The first kappa shape index (κ1) is 30.2. The average molecular weight is 663 g/mol. The van der Waals surface area contributed by atoms with E-state index in [0.717, 1.165) is 34.7 Å². The van der Waals surface area contributed by atoms with Crippen molar-refractivity contribution in [2.45, 2.75) is 37.5 Å². The third kappa shape index (κ3) is 6.12. The zero-order valence-electron chi connectivity index (χ0n) is 22.6. The molecule has 0 bridgehead atoms. The Morgan fingerprint density at radius 1 is 1.05 bits per heavy atom. The van der Waals surface area contributed by atoms with Crippen molar-refractivity contribution in [3.8, 4) is 11.1 Å². The average Bonchev–Trinajstić information content (AvgIpc) is 3.24. The van der Waals surface area contributed by atoms with Gasteiger partial charge in [0.15, 0.2) is 0 Å². The van der Waals surface area contributed by atoms with Crippen molar-refractivity contribution < 1.29 is 36.6 Å². The first-order valence-electron chi connectivity index (χ1n) is 13.0. The van der Waals surface area contributed by atoms with Gasteiger partial charge in [-0.1, -0.05) is 34.1 Å². The highest BCUT2D eigenvalue weighted by Gasteiger charge is 2.41. The molecule has 13 heteroatoms. The monoisotopic (exact) mass is 662 g/mol. The number of carbonyl (C=O) groups is 2. The lowest BCUT2D eigenvalue weighted by atomic mass is 9.71. The Balaban J connectivity index is 1.66. The van der Waals surface area contributed by atoms with Crippen LogP contribution in [0.5, 0.6) is 0 Å². The number of nitrogens with zero attached hydrogens (tertiary/aromatic N) is 3. The predicted molar refractivity (Wildman–Crippen MR) is 150 cm³/mol. The number of rotatable bonds is 6. The van der Waals surface area contributed by atoms with Gasteiger partial charge in [0.1, 0.15) is 11.6 Å². The van der Waals surface area contributed by atoms with Crippen LogP contribution in [0, 0.1) is 11.6 Å². The highest BCUT2D eigenvalue weighted by atomic mass is 79.9. The summed E-state index contributed by atoms with van der Waals surface area (Å²) in [6.07, 6.45) is -1.57. The van der Waals surface area contributed by atoms with Crippen molar-refractivity contribution >= 4 is 27.9 Å². The van der Waals surface area contributed by atoms with E-state index in [2.05, 4.69) is 26.2 Å². The minimum absolute atomic E-state index is 0.00906. The van der Waals surface area contributed by atoms with E-state index in [0.29, 0.717) is 12.8 Å². The van der Waals surface area contributed by atoms with Crippen LogP contribution in [0.2, 0.25) is 0 Å². The molecular weight excluding hydrogens is 639 g/mol. The summed E-state index contributed by atoms with van der Waals surface area (Å²) < 4.78 is 75.6. The first-order valence-corrected chi connectivity index (χ1v) is 13.8. The van der Waals surface area contributed by atoms with Crippen molar-refractivity contribution in [2.24, 2.45) is 12.0 Å². The Morgan fingerprint density at radius 3 is 2.42 bits per heavy atom. The fourth-order valence-electron chi connectivity index (χ4n) is 5.27. The maximum absolute atomic E-state index is 16.2. The second-order valence-electron chi connectivity index (χ2n) is 10.3. The minimum atomic E-state index is -5.03. The zero-order valence-corrected chi connectivity index (χ0v) is 24.1. The summed E-state index contributed by atoms with van der Waals surface area (Å²) in [4.78, 5) is 28.5. The summed E-state index contributed by atoms with van der Waals surface area (Å²) in [5.41, 5.74) is -2.98. The molecule has 1 aromatic heterocycles. The van der Waals surface area contributed by atoms with Crippen molar-refractivity contribution in [1.82, 2.24) is 14.5 Å². The Labute approximate surface area is 250 Å². The van der Waals surface area contributed by atoms with Crippen LogP contribution in [0.15, 0.2) is 76.5 Å². The lowest BCUT2D eigenvalue weighted by molar-refractivity contribution is -0.137. The summed E-state index contributed by atoms with van der Waals surface area (Å²) in [6.45, 7) is -0.167. The molecule has 1 aliphatic rings. The molecule has 43 heavy (non-hydrogen) atoms. The zero-order chi connectivity index (χ0) is 31.1. The predicted octanol–water partition coefficient (Wildman–Crippen LogP) is 6.99. The molecule has 7 nitrogen and oxygen atoms in total. The molecule has 0 unspecified atom stereocenters. The van der Waals surface area contributed by atoms with E-state index in [1.165, 1.54) is 27.6 Å². The van der Waals surface area contributed by atoms with E-state index >= 15 is 4.39 Å². The van der Waals surface area contributed by atoms with Crippen molar-refractivity contribution in [2.75, 3.05) is 0 Å². The minimum Gasteiger partial charge on any atom is -0.463 e. The van der Waals surface area contributed by atoms with Crippen LogP contribution < -0.4 is 10.9 Å². The molecule has 2 amide bonds. The second kappa shape index (κ2) is 11.4. The van der Waals surface area contributed by atoms with Crippen LogP contribution in [-0.4, -0.2) is 26.2 Å². The van der Waals surface area contributed by atoms with E-state index in [1.54, 1.807) is 13.1 Å². The van der Waals surface area contributed by atoms with E-state index in [-0.39, 0.29) is 23.8 Å². The molecule has 2 N–H and O–H groups in total. The lowest BCUT2D eigenvalue weighted by Gasteiger charge is -2.43. The Hall–Kier alpha value is -4.26. The molecule has 0 atom stereocenters. The molecule has 4 aromatic rings. The van der Waals surface area contributed by atoms with Gasteiger partial charge in [-0.3, -0.25) is 4.79 Å². The van der Waals surface area contributed by atoms with Gasteiger partial charge in [0, 0.05) is 29.5 Å². The van der Waals surface area contributed by atoms with Crippen LogP contribution in [-0.2, 0) is 25.3 Å². The van der Waals surface area contributed by atoms with Crippen molar-refractivity contribution in [3.63, 3.8) is 0 Å². The number of nitrogens with one attached hydrogen (secondary N) is 1. The van der Waals surface area contributed by atoms with E-state index in [4.69, 9.17) is 0 Å². The maximum Gasteiger partial charge on any atom is 0.434 e.